The number of carbonyl (C=O) groups is 1. The molecule has 0 saturated heterocycles. The van der Waals surface area contributed by atoms with Crippen LogP contribution in [0.25, 0.3) is 0 Å². The van der Waals surface area contributed by atoms with Crippen LogP contribution >= 0.6 is 22.9 Å². The summed E-state index contributed by atoms with van der Waals surface area (Å²) in [5, 5.41) is 3.52. The number of benzene rings is 2. The number of ether oxygens (including phenoxy) is 1. The Kier molecular flexibility index (Phi) is 7.51. The fraction of sp³-hybridized carbons (Fsp3) is 0.333. The van der Waals surface area contributed by atoms with Gasteiger partial charge in [-0.1, -0.05) is 24.6 Å². The number of aryl methyl sites for hydroxylation is 2. The molecule has 1 amide bonds. The number of thiazole rings is 1. The minimum atomic E-state index is -0.0121. The van der Waals surface area contributed by atoms with Gasteiger partial charge in [-0.05, 0) is 74.7 Å². The number of carbonyl (C=O) groups excluding carboxylic acids is 1. The molecule has 3 rings (SSSR count). The van der Waals surface area contributed by atoms with Crippen LogP contribution in [-0.2, 0) is 13.2 Å². The van der Waals surface area contributed by atoms with Gasteiger partial charge >= 0.3 is 0 Å². The van der Waals surface area contributed by atoms with E-state index < -0.39 is 0 Å². The number of hydrogen-bond acceptors (Lipinski definition) is 4. The van der Waals surface area contributed by atoms with Gasteiger partial charge in [-0.3, -0.25) is 4.79 Å². The van der Waals surface area contributed by atoms with Crippen molar-refractivity contribution in [3.8, 4) is 5.75 Å². The summed E-state index contributed by atoms with van der Waals surface area (Å²) in [7, 11) is 0. The third kappa shape index (κ3) is 5.61. The van der Waals surface area contributed by atoms with Gasteiger partial charge in [0.2, 0.25) is 0 Å². The molecule has 1 heterocycles. The van der Waals surface area contributed by atoms with Gasteiger partial charge in [0.05, 0.1) is 12.2 Å². The maximum atomic E-state index is 13.1. The van der Waals surface area contributed by atoms with Crippen molar-refractivity contribution in [3.63, 3.8) is 0 Å². The summed E-state index contributed by atoms with van der Waals surface area (Å²) in [6, 6.07) is 13.2. The van der Waals surface area contributed by atoms with Crippen LogP contribution in [0.15, 0.2) is 47.8 Å². The summed E-state index contributed by atoms with van der Waals surface area (Å²) >= 11 is 7.52. The van der Waals surface area contributed by atoms with E-state index in [1.807, 2.05) is 22.4 Å². The number of amides is 1. The first-order chi connectivity index (χ1) is 14.4. The van der Waals surface area contributed by atoms with Gasteiger partial charge in [0.25, 0.3) is 5.91 Å². The maximum Gasteiger partial charge on any atom is 0.254 e. The van der Waals surface area contributed by atoms with Crippen LogP contribution in [0.2, 0.25) is 5.02 Å². The Hall–Kier alpha value is -2.37. The van der Waals surface area contributed by atoms with E-state index in [0.717, 1.165) is 22.9 Å². The SMILES string of the molecule is CCC(C)N(Cc1csc(COc2ccc(C)c(C)c2)n1)C(=O)c1ccc(Cl)cc1. The molecule has 0 saturated carbocycles. The number of halogens is 1. The maximum absolute atomic E-state index is 13.1. The number of rotatable bonds is 8. The molecule has 0 N–H and O–H groups in total. The summed E-state index contributed by atoms with van der Waals surface area (Å²) in [5.74, 6) is 0.830. The lowest BCUT2D eigenvalue weighted by molar-refractivity contribution is 0.0669. The van der Waals surface area contributed by atoms with Gasteiger partial charge in [0, 0.05) is 22.0 Å². The van der Waals surface area contributed by atoms with Crippen LogP contribution in [-0.4, -0.2) is 21.8 Å². The van der Waals surface area contributed by atoms with Gasteiger partial charge in [-0.15, -0.1) is 11.3 Å². The zero-order valence-electron chi connectivity index (χ0n) is 17.8. The molecule has 1 atom stereocenters. The summed E-state index contributed by atoms with van der Waals surface area (Å²) < 4.78 is 5.90. The van der Waals surface area contributed by atoms with E-state index in [2.05, 4.69) is 33.8 Å². The summed E-state index contributed by atoms with van der Waals surface area (Å²) in [6.07, 6.45) is 0.867. The first-order valence-electron chi connectivity index (χ1n) is 10.1. The van der Waals surface area contributed by atoms with Gasteiger partial charge < -0.3 is 9.64 Å². The summed E-state index contributed by atoms with van der Waals surface area (Å²) in [5.41, 5.74) is 3.96. The molecule has 158 valence electrons. The highest BCUT2D eigenvalue weighted by Gasteiger charge is 2.22. The fourth-order valence-electron chi connectivity index (χ4n) is 3.02. The zero-order chi connectivity index (χ0) is 21.7. The van der Waals surface area contributed by atoms with Gasteiger partial charge in [0.1, 0.15) is 17.4 Å². The van der Waals surface area contributed by atoms with Crippen LogP contribution in [0.1, 0.15) is 52.5 Å². The number of hydrogen-bond donors (Lipinski definition) is 0. The van der Waals surface area contributed by atoms with E-state index in [-0.39, 0.29) is 11.9 Å². The van der Waals surface area contributed by atoms with E-state index in [4.69, 9.17) is 21.3 Å². The zero-order valence-corrected chi connectivity index (χ0v) is 19.4. The summed E-state index contributed by atoms with van der Waals surface area (Å²) in [6.45, 7) is 9.18. The second-order valence-electron chi connectivity index (χ2n) is 7.46. The molecule has 0 bridgehead atoms. The number of aromatic nitrogens is 1. The quantitative estimate of drug-likeness (QED) is 0.403. The monoisotopic (exact) mass is 442 g/mol. The van der Waals surface area contributed by atoms with Crippen molar-refractivity contribution in [1.29, 1.82) is 0 Å². The predicted octanol–water partition coefficient (Wildman–Crippen LogP) is 6.43. The van der Waals surface area contributed by atoms with Crippen molar-refractivity contribution >= 4 is 28.8 Å². The molecule has 0 radical (unpaired) electrons. The highest BCUT2D eigenvalue weighted by Crippen LogP contribution is 2.21. The molecule has 1 unspecified atom stereocenters. The molecule has 0 aliphatic heterocycles. The van der Waals surface area contributed by atoms with E-state index in [1.54, 1.807) is 35.6 Å². The van der Waals surface area contributed by atoms with Crippen molar-refractivity contribution < 1.29 is 9.53 Å². The highest BCUT2D eigenvalue weighted by molar-refractivity contribution is 7.09. The second kappa shape index (κ2) is 10.1. The van der Waals surface area contributed by atoms with Crippen molar-refractivity contribution in [3.05, 3.63) is 80.3 Å². The molecule has 1 aromatic heterocycles. The molecule has 0 fully saturated rings. The topological polar surface area (TPSA) is 42.4 Å². The van der Waals surface area contributed by atoms with Crippen molar-refractivity contribution in [1.82, 2.24) is 9.88 Å². The van der Waals surface area contributed by atoms with Crippen LogP contribution in [0.4, 0.5) is 0 Å². The van der Waals surface area contributed by atoms with Crippen LogP contribution in [0.5, 0.6) is 5.75 Å². The van der Waals surface area contributed by atoms with Crippen LogP contribution in [0.3, 0.4) is 0 Å². The van der Waals surface area contributed by atoms with Gasteiger partial charge in [-0.25, -0.2) is 4.98 Å². The highest BCUT2D eigenvalue weighted by atomic mass is 35.5. The van der Waals surface area contributed by atoms with Crippen molar-refractivity contribution in [2.45, 2.75) is 53.3 Å². The molecule has 4 nitrogen and oxygen atoms in total. The average molecular weight is 443 g/mol. The lowest BCUT2D eigenvalue weighted by Crippen LogP contribution is -2.37. The average Bonchev–Trinajstić information content (AvgIpc) is 3.20. The van der Waals surface area contributed by atoms with Crippen LogP contribution in [0, 0.1) is 13.8 Å². The molecular weight excluding hydrogens is 416 g/mol. The van der Waals surface area contributed by atoms with E-state index in [1.165, 1.54) is 11.1 Å². The molecule has 30 heavy (non-hydrogen) atoms. The Bertz CT molecular complexity index is 1000. The van der Waals surface area contributed by atoms with E-state index >= 15 is 0 Å². The Morgan fingerprint density at radius 2 is 1.90 bits per heavy atom. The fourth-order valence-corrected chi connectivity index (χ4v) is 3.84. The molecule has 2 aromatic carbocycles. The minimum Gasteiger partial charge on any atom is -0.486 e. The second-order valence-corrected chi connectivity index (χ2v) is 8.84. The van der Waals surface area contributed by atoms with E-state index in [9.17, 15) is 4.79 Å². The standard InChI is InChI=1S/C24H27ClN2O2S/c1-5-18(4)27(24(28)19-7-9-20(25)10-8-19)13-21-15-30-23(26-21)14-29-22-11-6-16(2)17(3)12-22/h6-12,15,18H,5,13-14H2,1-4H3. The van der Waals surface area contributed by atoms with E-state index in [0.29, 0.717) is 23.7 Å². The Balaban J connectivity index is 1.68. The first kappa shape index (κ1) is 22.3. The molecule has 0 aliphatic rings. The normalized spacial score (nSPS) is 11.9. The Morgan fingerprint density at radius 3 is 2.57 bits per heavy atom. The molecular formula is C24H27ClN2O2S. The van der Waals surface area contributed by atoms with Crippen LogP contribution < -0.4 is 4.74 Å². The van der Waals surface area contributed by atoms with Gasteiger partial charge in [-0.2, -0.15) is 0 Å². The molecule has 6 heteroatoms. The lowest BCUT2D eigenvalue weighted by Gasteiger charge is -2.28. The largest absolute Gasteiger partial charge is 0.486 e. The molecule has 0 spiro atoms. The Labute approximate surface area is 187 Å². The summed E-state index contributed by atoms with van der Waals surface area (Å²) in [4.78, 5) is 19.6. The lowest BCUT2D eigenvalue weighted by atomic mass is 10.1. The smallest absolute Gasteiger partial charge is 0.254 e. The Morgan fingerprint density at radius 1 is 1.17 bits per heavy atom. The first-order valence-corrected chi connectivity index (χ1v) is 11.3. The van der Waals surface area contributed by atoms with Gasteiger partial charge in [0.15, 0.2) is 0 Å². The number of nitrogens with zero attached hydrogens (tertiary/aromatic N) is 2. The van der Waals surface area contributed by atoms with Crippen molar-refractivity contribution in [2.75, 3.05) is 0 Å². The third-order valence-electron chi connectivity index (χ3n) is 5.25. The minimum absolute atomic E-state index is 0.0121. The third-order valence-corrected chi connectivity index (χ3v) is 6.37. The molecule has 3 aromatic rings. The predicted molar refractivity (Wildman–Crippen MR) is 123 cm³/mol. The molecule has 0 aliphatic carbocycles. The van der Waals surface area contributed by atoms with Crippen molar-refractivity contribution in [2.24, 2.45) is 0 Å².